The number of carboxylic acid groups (broad SMARTS) is 1. The zero-order chi connectivity index (χ0) is 24.6. The van der Waals surface area contributed by atoms with Crippen molar-refractivity contribution in [2.75, 3.05) is 23.3 Å². The summed E-state index contributed by atoms with van der Waals surface area (Å²) in [7, 11) is 0. The molecular weight excluding hydrogens is 449 g/mol. The molecule has 1 aliphatic heterocycles. The van der Waals surface area contributed by atoms with Gasteiger partial charge < -0.3 is 19.7 Å². The Labute approximate surface area is 194 Å². The second-order valence-electron chi connectivity index (χ2n) is 8.72. The Balaban J connectivity index is 1.75. The molecule has 1 saturated heterocycles. The number of hydrogen-bond acceptors (Lipinski definition) is 5. The van der Waals surface area contributed by atoms with Crippen molar-refractivity contribution in [1.82, 2.24) is 0 Å². The quantitative estimate of drug-likeness (QED) is 0.490. The van der Waals surface area contributed by atoms with Gasteiger partial charge in [-0.3, -0.25) is 4.79 Å². The van der Waals surface area contributed by atoms with E-state index in [1.165, 1.54) is 17.0 Å². The lowest BCUT2D eigenvalue weighted by atomic mass is 9.97. The van der Waals surface area contributed by atoms with Gasteiger partial charge in [0.1, 0.15) is 5.58 Å². The fourth-order valence-electron chi connectivity index (χ4n) is 4.45. The van der Waals surface area contributed by atoms with Gasteiger partial charge in [0.05, 0.1) is 22.9 Å². The van der Waals surface area contributed by atoms with Gasteiger partial charge >= 0.3 is 12.1 Å². The lowest BCUT2D eigenvalue weighted by Gasteiger charge is -2.34. The van der Waals surface area contributed by atoms with E-state index in [0.29, 0.717) is 29.6 Å². The number of nitrogens with one attached hydrogen (secondary N) is 1. The van der Waals surface area contributed by atoms with E-state index in [9.17, 15) is 27.9 Å². The van der Waals surface area contributed by atoms with Crippen molar-refractivity contribution >= 4 is 28.5 Å². The SMILES string of the molecule is Cc1cc(C(C)Nc2ccccc2C(=O)O)c2oc(N3CCC[C@H](C(F)(F)F)C3)cc(=O)c2c1. The molecule has 1 aliphatic rings. The van der Waals surface area contributed by atoms with Crippen LogP contribution in [0.5, 0.6) is 0 Å². The zero-order valence-corrected chi connectivity index (χ0v) is 18.8. The van der Waals surface area contributed by atoms with Crippen LogP contribution in [0.4, 0.5) is 24.7 Å². The number of hydrogen-bond donors (Lipinski definition) is 2. The van der Waals surface area contributed by atoms with Crippen LogP contribution in [0.2, 0.25) is 0 Å². The molecule has 6 nitrogen and oxygen atoms in total. The van der Waals surface area contributed by atoms with Crippen molar-refractivity contribution in [3.05, 3.63) is 69.4 Å². The van der Waals surface area contributed by atoms with Crippen molar-refractivity contribution in [3.8, 4) is 0 Å². The molecular formula is C25H25F3N2O4. The molecule has 1 unspecified atom stereocenters. The van der Waals surface area contributed by atoms with Crippen LogP contribution in [0.1, 0.15) is 47.3 Å². The summed E-state index contributed by atoms with van der Waals surface area (Å²) in [5, 5.41) is 13.0. The smallest absolute Gasteiger partial charge is 0.393 e. The molecule has 0 aliphatic carbocycles. The van der Waals surface area contributed by atoms with Crippen LogP contribution in [0, 0.1) is 12.8 Å². The maximum atomic E-state index is 13.3. The van der Waals surface area contributed by atoms with Crippen LogP contribution in [0.15, 0.2) is 51.7 Å². The maximum absolute atomic E-state index is 13.3. The van der Waals surface area contributed by atoms with Crippen molar-refractivity contribution < 1.29 is 27.5 Å². The molecule has 1 fully saturated rings. The molecule has 0 bridgehead atoms. The van der Waals surface area contributed by atoms with E-state index in [1.807, 2.05) is 13.0 Å². The van der Waals surface area contributed by atoms with Gasteiger partial charge in [0.15, 0.2) is 11.3 Å². The van der Waals surface area contributed by atoms with Crippen LogP contribution < -0.4 is 15.6 Å². The molecule has 0 saturated carbocycles. The van der Waals surface area contributed by atoms with Crippen LogP contribution in [-0.2, 0) is 0 Å². The first-order valence-corrected chi connectivity index (χ1v) is 11.0. The molecule has 3 aromatic rings. The molecule has 0 radical (unpaired) electrons. The van der Waals surface area contributed by atoms with Crippen LogP contribution in [0.25, 0.3) is 11.0 Å². The topological polar surface area (TPSA) is 82.8 Å². The predicted octanol–water partition coefficient (Wildman–Crippen LogP) is 5.75. The number of nitrogens with zero attached hydrogens (tertiary/aromatic N) is 1. The van der Waals surface area contributed by atoms with E-state index in [1.54, 1.807) is 31.2 Å². The Morgan fingerprint density at radius 3 is 2.68 bits per heavy atom. The molecule has 9 heteroatoms. The Morgan fingerprint density at radius 1 is 1.24 bits per heavy atom. The van der Waals surface area contributed by atoms with Crippen molar-refractivity contribution in [2.45, 2.75) is 38.9 Å². The number of para-hydroxylation sites is 1. The van der Waals surface area contributed by atoms with Crippen molar-refractivity contribution in [3.63, 3.8) is 0 Å². The number of halogens is 3. The summed E-state index contributed by atoms with van der Waals surface area (Å²) in [4.78, 5) is 26.0. The van der Waals surface area contributed by atoms with E-state index in [2.05, 4.69) is 5.32 Å². The number of fused-ring (bicyclic) bond motifs is 1. The summed E-state index contributed by atoms with van der Waals surface area (Å²) in [5.41, 5.74) is 1.85. The lowest BCUT2D eigenvalue weighted by Crippen LogP contribution is -2.42. The van der Waals surface area contributed by atoms with Gasteiger partial charge in [0, 0.05) is 30.4 Å². The minimum atomic E-state index is -4.31. The van der Waals surface area contributed by atoms with Gasteiger partial charge in [0.2, 0.25) is 0 Å². The van der Waals surface area contributed by atoms with Gasteiger partial charge in [-0.15, -0.1) is 0 Å². The number of rotatable bonds is 5. The Bertz CT molecular complexity index is 1290. The fraction of sp³-hybridized carbons (Fsp3) is 0.360. The summed E-state index contributed by atoms with van der Waals surface area (Å²) in [6, 6.07) is 10.8. The number of alkyl halides is 3. The molecule has 180 valence electrons. The highest BCUT2D eigenvalue weighted by Crippen LogP contribution is 2.36. The number of carbonyl (C=O) groups is 1. The number of carboxylic acids is 1. The van der Waals surface area contributed by atoms with Crippen LogP contribution in [0.3, 0.4) is 0 Å². The fourth-order valence-corrected chi connectivity index (χ4v) is 4.45. The largest absolute Gasteiger partial charge is 0.478 e. The van der Waals surface area contributed by atoms with E-state index in [0.717, 1.165) is 5.56 Å². The molecule has 2 atom stereocenters. The second kappa shape index (κ2) is 9.04. The summed E-state index contributed by atoms with van der Waals surface area (Å²) in [6.07, 6.45) is -3.92. The number of benzene rings is 2. The molecule has 4 rings (SSSR count). The van der Waals surface area contributed by atoms with Crippen LogP contribution >= 0.6 is 0 Å². The van der Waals surface area contributed by atoms with E-state index >= 15 is 0 Å². The molecule has 2 aromatic carbocycles. The summed E-state index contributed by atoms with van der Waals surface area (Å²) < 4.78 is 46.0. The minimum absolute atomic E-state index is 0.0478. The number of aromatic carboxylic acids is 1. The standard InChI is InChI=1S/C25H25F3N2O4/c1-14-10-18(15(2)29-20-8-4-3-7-17(20)24(32)33)23-19(11-14)21(31)12-22(34-23)30-9-5-6-16(13-30)25(26,27)28/h3-4,7-8,10-12,15-16,29H,5-6,9,13H2,1-2H3,(H,32,33)/t15?,16-/m0/s1. The Kier molecular flexibility index (Phi) is 6.29. The average Bonchev–Trinajstić information content (AvgIpc) is 2.78. The summed E-state index contributed by atoms with van der Waals surface area (Å²) in [6.45, 7) is 3.73. The van der Waals surface area contributed by atoms with Gasteiger partial charge in [0.25, 0.3) is 0 Å². The first-order valence-electron chi connectivity index (χ1n) is 11.0. The third-order valence-corrected chi connectivity index (χ3v) is 6.18. The van der Waals surface area contributed by atoms with Crippen molar-refractivity contribution in [1.29, 1.82) is 0 Å². The van der Waals surface area contributed by atoms with Gasteiger partial charge in [-0.1, -0.05) is 18.2 Å². The van der Waals surface area contributed by atoms with E-state index in [4.69, 9.17) is 4.42 Å². The summed E-state index contributed by atoms with van der Waals surface area (Å²) in [5.74, 6) is -2.45. The normalized spacial score (nSPS) is 17.6. The van der Waals surface area contributed by atoms with Gasteiger partial charge in [-0.25, -0.2) is 4.79 Å². The highest BCUT2D eigenvalue weighted by molar-refractivity contribution is 5.94. The zero-order valence-electron chi connectivity index (χ0n) is 18.8. The predicted molar refractivity (Wildman–Crippen MR) is 124 cm³/mol. The summed E-state index contributed by atoms with van der Waals surface area (Å²) >= 11 is 0. The Morgan fingerprint density at radius 2 is 1.97 bits per heavy atom. The average molecular weight is 474 g/mol. The minimum Gasteiger partial charge on any atom is -0.478 e. The van der Waals surface area contributed by atoms with E-state index in [-0.39, 0.29) is 35.4 Å². The van der Waals surface area contributed by atoms with Crippen molar-refractivity contribution in [2.24, 2.45) is 5.92 Å². The third-order valence-electron chi connectivity index (χ3n) is 6.18. The Hall–Kier alpha value is -3.49. The first kappa shape index (κ1) is 23.7. The molecule has 2 heterocycles. The second-order valence-corrected chi connectivity index (χ2v) is 8.72. The van der Waals surface area contributed by atoms with Gasteiger partial charge in [-0.2, -0.15) is 13.2 Å². The molecule has 2 N–H and O–H groups in total. The van der Waals surface area contributed by atoms with Crippen LogP contribution in [-0.4, -0.2) is 30.3 Å². The maximum Gasteiger partial charge on any atom is 0.393 e. The number of piperidine rings is 1. The third kappa shape index (κ3) is 4.73. The number of anilines is 2. The van der Waals surface area contributed by atoms with E-state index < -0.39 is 24.1 Å². The highest BCUT2D eigenvalue weighted by Gasteiger charge is 2.42. The molecule has 0 amide bonds. The number of aryl methyl sites for hydroxylation is 1. The molecule has 34 heavy (non-hydrogen) atoms. The van der Waals surface area contributed by atoms with Gasteiger partial charge in [-0.05, 0) is 50.5 Å². The first-order chi connectivity index (χ1) is 16.0. The molecule has 1 aromatic heterocycles. The molecule has 0 spiro atoms. The lowest BCUT2D eigenvalue weighted by molar-refractivity contribution is -0.176. The highest BCUT2D eigenvalue weighted by atomic mass is 19.4. The monoisotopic (exact) mass is 474 g/mol.